The Morgan fingerprint density at radius 3 is 2.72 bits per heavy atom. The van der Waals surface area contributed by atoms with E-state index in [0.29, 0.717) is 18.5 Å². The molecule has 1 N–H and O–H groups in total. The highest BCUT2D eigenvalue weighted by Gasteiger charge is 2.16. The van der Waals surface area contributed by atoms with Crippen molar-refractivity contribution in [2.45, 2.75) is 53.1 Å². The summed E-state index contributed by atoms with van der Waals surface area (Å²) < 4.78 is 1.70. The molecule has 0 bridgehead atoms. The predicted octanol–water partition coefficient (Wildman–Crippen LogP) is 1.97. The van der Waals surface area contributed by atoms with Gasteiger partial charge in [0.25, 0.3) is 5.56 Å². The summed E-state index contributed by atoms with van der Waals surface area (Å²) >= 11 is 0. The first-order chi connectivity index (χ1) is 8.58. The zero-order valence-electron chi connectivity index (χ0n) is 11.9. The minimum atomic E-state index is 0.0362. The quantitative estimate of drug-likeness (QED) is 0.806. The van der Waals surface area contributed by atoms with Crippen molar-refractivity contribution in [1.29, 1.82) is 0 Å². The molecule has 4 nitrogen and oxygen atoms in total. The van der Waals surface area contributed by atoms with Crippen molar-refractivity contribution in [3.8, 4) is 0 Å². The van der Waals surface area contributed by atoms with Crippen molar-refractivity contribution in [3.05, 3.63) is 28.4 Å². The Morgan fingerprint density at radius 1 is 1.44 bits per heavy atom. The SMILES string of the molecule is CCCNC(Cn1cnc(C)cc1=O)C(C)CC. The minimum absolute atomic E-state index is 0.0362. The molecule has 0 aliphatic carbocycles. The van der Waals surface area contributed by atoms with Gasteiger partial charge in [-0.2, -0.15) is 0 Å². The highest BCUT2D eigenvalue weighted by Crippen LogP contribution is 2.09. The topological polar surface area (TPSA) is 46.9 Å². The number of hydrogen-bond acceptors (Lipinski definition) is 3. The molecule has 0 radical (unpaired) electrons. The lowest BCUT2D eigenvalue weighted by Gasteiger charge is -2.25. The van der Waals surface area contributed by atoms with E-state index < -0.39 is 0 Å². The molecule has 1 aromatic heterocycles. The third-order valence-electron chi connectivity index (χ3n) is 3.40. The smallest absolute Gasteiger partial charge is 0.253 e. The summed E-state index contributed by atoms with van der Waals surface area (Å²) in [7, 11) is 0. The molecular formula is C14H25N3O. The maximum absolute atomic E-state index is 11.9. The molecule has 0 spiro atoms. The molecule has 2 atom stereocenters. The molecule has 1 aromatic rings. The van der Waals surface area contributed by atoms with E-state index in [4.69, 9.17) is 0 Å². The summed E-state index contributed by atoms with van der Waals surface area (Å²) in [5.74, 6) is 0.546. The first-order valence-corrected chi connectivity index (χ1v) is 6.84. The van der Waals surface area contributed by atoms with Crippen LogP contribution >= 0.6 is 0 Å². The van der Waals surface area contributed by atoms with Crippen LogP contribution in [0.25, 0.3) is 0 Å². The molecule has 0 saturated heterocycles. The molecule has 4 heteroatoms. The number of hydrogen-bond donors (Lipinski definition) is 1. The van der Waals surface area contributed by atoms with Crippen LogP contribution in [0.5, 0.6) is 0 Å². The Kier molecular flexibility index (Phi) is 6.05. The Morgan fingerprint density at radius 2 is 2.17 bits per heavy atom. The second kappa shape index (κ2) is 7.31. The van der Waals surface area contributed by atoms with E-state index in [1.165, 1.54) is 0 Å². The van der Waals surface area contributed by atoms with Crippen LogP contribution in [-0.4, -0.2) is 22.1 Å². The fourth-order valence-electron chi connectivity index (χ4n) is 1.93. The standard InChI is InChI=1S/C14H25N3O/c1-5-7-15-13(11(3)6-2)9-17-10-16-12(4)8-14(17)18/h8,10-11,13,15H,5-7,9H2,1-4H3. The van der Waals surface area contributed by atoms with Gasteiger partial charge in [0.05, 0.1) is 6.33 Å². The molecule has 0 aromatic carbocycles. The average molecular weight is 251 g/mol. The van der Waals surface area contributed by atoms with Gasteiger partial charge in [0.1, 0.15) is 0 Å². The van der Waals surface area contributed by atoms with Crippen molar-refractivity contribution < 1.29 is 0 Å². The monoisotopic (exact) mass is 251 g/mol. The van der Waals surface area contributed by atoms with Gasteiger partial charge in [0.15, 0.2) is 0 Å². The lowest BCUT2D eigenvalue weighted by atomic mass is 9.99. The molecule has 1 heterocycles. The number of aryl methyl sites for hydroxylation is 1. The van der Waals surface area contributed by atoms with Gasteiger partial charge < -0.3 is 5.32 Å². The molecule has 1 rings (SSSR count). The predicted molar refractivity (Wildman–Crippen MR) is 74.8 cm³/mol. The van der Waals surface area contributed by atoms with E-state index >= 15 is 0 Å². The number of nitrogens with zero attached hydrogens (tertiary/aromatic N) is 2. The van der Waals surface area contributed by atoms with Crippen molar-refractivity contribution in [2.24, 2.45) is 5.92 Å². The Hall–Kier alpha value is -1.16. The summed E-state index contributed by atoms with van der Waals surface area (Å²) in [4.78, 5) is 16.0. The summed E-state index contributed by atoms with van der Waals surface area (Å²) in [6.45, 7) is 10.1. The summed E-state index contributed by atoms with van der Waals surface area (Å²) in [5.41, 5.74) is 0.812. The van der Waals surface area contributed by atoms with Crippen LogP contribution in [0, 0.1) is 12.8 Å². The molecule has 102 valence electrons. The van der Waals surface area contributed by atoms with Gasteiger partial charge in [-0.25, -0.2) is 4.98 Å². The van der Waals surface area contributed by atoms with E-state index in [1.807, 2.05) is 6.92 Å². The molecule has 0 amide bonds. The van der Waals surface area contributed by atoms with E-state index in [0.717, 1.165) is 25.1 Å². The summed E-state index contributed by atoms with van der Waals surface area (Å²) in [6, 6.07) is 1.92. The van der Waals surface area contributed by atoms with E-state index in [-0.39, 0.29) is 5.56 Å². The normalized spacial score (nSPS) is 14.4. The Bertz CT molecular complexity index is 414. The van der Waals surface area contributed by atoms with Crippen molar-refractivity contribution >= 4 is 0 Å². The number of nitrogens with one attached hydrogen (secondary N) is 1. The Labute approximate surface area is 109 Å². The van der Waals surface area contributed by atoms with Crippen LogP contribution in [-0.2, 0) is 6.54 Å². The molecule has 2 unspecified atom stereocenters. The molecule has 0 saturated carbocycles. The fraction of sp³-hybridized carbons (Fsp3) is 0.714. The average Bonchev–Trinajstić information content (AvgIpc) is 2.36. The number of rotatable bonds is 7. The van der Waals surface area contributed by atoms with Crippen molar-refractivity contribution in [3.63, 3.8) is 0 Å². The number of aromatic nitrogens is 2. The third-order valence-corrected chi connectivity index (χ3v) is 3.40. The van der Waals surface area contributed by atoms with Crippen molar-refractivity contribution in [2.75, 3.05) is 6.54 Å². The Balaban J connectivity index is 2.78. The van der Waals surface area contributed by atoms with Gasteiger partial charge >= 0.3 is 0 Å². The second-order valence-electron chi connectivity index (χ2n) is 4.97. The van der Waals surface area contributed by atoms with Gasteiger partial charge in [-0.15, -0.1) is 0 Å². The van der Waals surface area contributed by atoms with E-state index in [1.54, 1.807) is 17.0 Å². The second-order valence-corrected chi connectivity index (χ2v) is 4.97. The van der Waals surface area contributed by atoms with Crippen LogP contribution in [0.2, 0.25) is 0 Å². The maximum Gasteiger partial charge on any atom is 0.253 e. The van der Waals surface area contributed by atoms with Gasteiger partial charge in [0, 0.05) is 24.3 Å². The lowest BCUT2D eigenvalue weighted by Crippen LogP contribution is -2.41. The zero-order chi connectivity index (χ0) is 13.5. The minimum Gasteiger partial charge on any atom is -0.312 e. The summed E-state index contributed by atoms with van der Waals surface area (Å²) in [6.07, 6.45) is 3.87. The van der Waals surface area contributed by atoms with Crippen LogP contribution in [0.15, 0.2) is 17.2 Å². The van der Waals surface area contributed by atoms with Gasteiger partial charge in [0.2, 0.25) is 0 Å². The molecule has 0 aliphatic rings. The molecule has 0 fully saturated rings. The van der Waals surface area contributed by atoms with Crippen LogP contribution in [0.1, 0.15) is 39.3 Å². The highest BCUT2D eigenvalue weighted by atomic mass is 16.1. The van der Waals surface area contributed by atoms with Crippen molar-refractivity contribution in [1.82, 2.24) is 14.9 Å². The van der Waals surface area contributed by atoms with Gasteiger partial charge in [-0.05, 0) is 25.8 Å². The van der Waals surface area contributed by atoms with Gasteiger partial charge in [-0.3, -0.25) is 9.36 Å². The molecule has 0 aliphatic heterocycles. The van der Waals surface area contributed by atoms with Crippen LogP contribution in [0.4, 0.5) is 0 Å². The molecular weight excluding hydrogens is 226 g/mol. The first-order valence-electron chi connectivity index (χ1n) is 6.84. The molecule has 18 heavy (non-hydrogen) atoms. The largest absolute Gasteiger partial charge is 0.312 e. The zero-order valence-corrected chi connectivity index (χ0v) is 11.9. The van der Waals surface area contributed by atoms with Crippen LogP contribution in [0.3, 0.4) is 0 Å². The fourth-order valence-corrected chi connectivity index (χ4v) is 1.93. The van der Waals surface area contributed by atoms with Gasteiger partial charge in [-0.1, -0.05) is 27.2 Å². The lowest BCUT2D eigenvalue weighted by molar-refractivity contribution is 0.325. The highest BCUT2D eigenvalue weighted by molar-refractivity contribution is 4.96. The first kappa shape index (κ1) is 14.9. The summed E-state index contributed by atoms with van der Waals surface area (Å²) in [5, 5.41) is 3.52. The van der Waals surface area contributed by atoms with E-state index in [2.05, 4.69) is 31.1 Å². The third kappa shape index (κ3) is 4.26. The van der Waals surface area contributed by atoms with Crippen LogP contribution < -0.4 is 10.9 Å². The maximum atomic E-state index is 11.9. The van der Waals surface area contributed by atoms with E-state index in [9.17, 15) is 4.79 Å².